The summed E-state index contributed by atoms with van der Waals surface area (Å²) in [5.74, 6) is 0.200. The smallest absolute Gasteiger partial charge is 0.224 e. The highest BCUT2D eigenvalue weighted by Crippen LogP contribution is 2.20. The maximum absolute atomic E-state index is 13.7. The predicted octanol–water partition coefficient (Wildman–Crippen LogP) is 4.88. The van der Waals surface area contributed by atoms with Crippen molar-refractivity contribution in [3.05, 3.63) is 58.6 Å². The Bertz CT molecular complexity index is 907. The van der Waals surface area contributed by atoms with Gasteiger partial charge in [-0.3, -0.25) is 4.79 Å². The summed E-state index contributed by atoms with van der Waals surface area (Å²) in [7, 11) is 0. The molecule has 0 spiro atoms. The summed E-state index contributed by atoms with van der Waals surface area (Å²) in [5, 5.41) is 2.87. The fraction of sp³-hybridized carbons (Fsp3) is 0.263. The minimum absolute atomic E-state index is 0.141. The van der Waals surface area contributed by atoms with Crippen molar-refractivity contribution in [3.8, 4) is 0 Å². The topological polar surface area (TPSA) is 57.8 Å². The number of rotatable bonds is 6. The second-order valence-corrected chi connectivity index (χ2v) is 6.39. The first-order valence-corrected chi connectivity index (χ1v) is 8.65. The second-order valence-electron chi connectivity index (χ2n) is 5.96. The average Bonchev–Trinajstić information content (AvgIpc) is 2.97. The number of nitrogens with one attached hydrogen (secondary N) is 2. The quantitative estimate of drug-likeness (QED) is 0.659. The standard InChI is InChI=1S/C19H19ClFN3O/c1-2-3-18-22-16-7-4-12(10-17(16)23-18)5-9-19(25)24-15-8-6-13(20)11-14(15)21/h4,6-8,10-11H,2-3,5,9H2,1H3,(H,22,23)(H,24,25). The zero-order valence-corrected chi connectivity index (χ0v) is 14.7. The van der Waals surface area contributed by atoms with E-state index >= 15 is 0 Å². The summed E-state index contributed by atoms with van der Waals surface area (Å²) in [6, 6.07) is 10.1. The van der Waals surface area contributed by atoms with Crippen LogP contribution in [0.5, 0.6) is 0 Å². The molecule has 0 unspecified atom stereocenters. The van der Waals surface area contributed by atoms with Gasteiger partial charge in [-0.15, -0.1) is 0 Å². The molecule has 2 N–H and O–H groups in total. The SMILES string of the molecule is CCCc1nc2ccc(CCC(=O)Nc3ccc(Cl)cc3F)cc2[nH]1. The summed E-state index contributed by atoms with van der Waals surface area (Å²) in [4.78, 5) is 19.9. The monoisotopic (exact) mass is 359 g/mol. The zero-order valence-electron chi connectivity index (χ0n) is 13.9. The van der Waals surface area contributed by atoms with Crippen molar-refractivity contribution in [3.63, 3.8) is 0 Å². The van der Waals surface area contributed by atoms with E-state index in [2.05, 4.69) is 22.2 Å². The molecule has 0 bridgehead atoms. The lowest BCUT2D eigenvalue weighted by Gasteiger charge is -2.07. The molecular formula is C19H19ClFN3O. The lowest BCUT2D eigenvalue weighted by atomic mass is 10.1. The van der Waals surface area contributed by atoms with Crippen molar-refractivity contribution < 1.29 is 9.18 Å². The average molecular weight is 360 g/mol. The van der Waals surface area contributed by atoms with E-state index in [1.807, 2.05) is 18.2 Å². The summed E-state index contributed by atoms with van der Waals surface area (Å²) in [5.41, 5.74) is 3.08. The number of aryl methyl sites for hydroxylation is 2. The lowest BCUT2D eigenvalue weighted by Crippen LogP contribution is -2.13. The van der Waals surface area contributed by atoms with E-state index in [-0.39, 0.29) is 18.0 Å². The molecule has 4 nitrogen and oxygen atoms in total. The number of fused-ring (bicyclic) bond motifs is 1. The number of hydrogen-bond acceptors (Lipinski definition) is 2. The van der Waals surface area contributed by atoms with Crippen molar-refractivity contribution in [1.29, 1.82) is 0 Å². The van der Waals surface area contributed by atoms with Gasteiger partial charge in [-0.2, -0.15) is 0 Å². The molecule has 130 valence electrons. The molecule has 0 saturated carbocycles. The van der Waals surface area contributed by atoms with Crippen LogP contribution >= 0.6 is 11.6 Å². The number of H-pyrrole nitrogens is 1. The Morgan fingerprint density at radius 2 is 2.08 bits per heavy atom. The Balaban J connectivity index is 1.62. The zero-order chi connectivity index (χ0) is 17.8. The molecule has 25 heavy (non-hydrogen) atoms. The molecule has 0 aliphatic heterocycles. The van der Waals surface area contributed by atoms with Crippen LogP contribution in [0, 0.1) is 5.82 Å². The van der Waals surface area contributed by atoms with Crippen LogP contribution in [0.3, 0.4) is 0 Å². The number of halogens is 2. The van der Waals surface area contributed by atoms with Crippen molar-refractivity contribution >= 4 is 34.2 Å². The summed E-state index contributed by atoms with van der Waals surface area (Å²) in [6.07, 6.45) is 2.79. The van der Waals surface area contributed by atoms with Gasteiger partial charge in [-0.25, -0.2) is 9.37 Å². The Morgan fingerprint density at radius 1 is 1.24 bits per heavy atom. The molecule has 0 aliphatic carbocycles. The van der Waals surface area contributed by atoms with Crippen LogP contribution in [-0.2, 0) is 17.6 Å². The van der Waals surface area contributed by atoms with Gasteiger partial charge in [0.25, 0.3) is 0 Å². The number of aromatic amines is 1. The Kier molecular flexibility index (Phi) is 5.34. The van der Waals surface area contributed by atoms with Gasteiger partial charge in [0.15, 0.2) is 0 Å². The number of benzene rings is 2. The molecule has 2 aromatic carbocycles. The van der Waals surface area contributed by atoms with Gasteiger partial charge in [0.05, 0.1) is 16.7 Å². The third kappa shape index (κ3) is 4.37. The van der Waals surface area contributed by atoms with Gasteiger partial charge in [-0.05, 0) is 48.7 Å². The van der Waals surface area contributed by atoms with E-state index in [1.165, 1.54) is 12.1 Å². The van der Waals surface area contributed by atoms with Gasteiger partial charge in [0, 0.05) is 17.9 Å². The van der Waals surface area contributed by atoms with Crippen molar-refractivity contribution in [1.82, 2.24) is 9.97 Å². The summed E-state index contributed by atoms with van der Waals surface area (Å²) < 4.78 is 13.7. The number of carbonyl (C=O) groups excluding carboxylic acids is 1. The Morgan fingerprint density at radius 3 is 2.84 bits per heavy atom. The minimum atomic E-state index is -0.539. The number of anilines is 1. The van der Waals surface area contributed by atoms with E-state index in [4.69, 9.17) is 11.6 Å². The highest BCUT2D eigenvalue weighted by molar-refractivity contribution is 6.30. The van der Waals surface area contributed by atoms with Crippen LogP contribution in [0.25, 0.3) is 11.0 Å². The molecule has 3 rings (SSSR count). The number of amides is 1. The van der Waals surface area contributed by atoms with Crippen LogP contribution in [0.1, 0.15) is 31.2 Å². The van der Waals surface area contributed by atoms with Gasteiger partial charge in [0.2, 0.25) is 5.91 Å². The molecular weight excluding hydrogens is 341 g/mol. The maximum atomic E-state index is 13.7. The molecule has 0 atom stereocenters. The molecule has 1 amide bonds. The van der Waals surface area contributed by atoms with Gasteiger partial charge < -0.3 is 10.3 Å². The predicted molar refractivity (Wildman–Crippen MR) is 98.4 cm³/mol. The third-order valence-corrected chi connectivity index (χ3v) is 4.16. The molecule has 0 aliphatic rings. The van der Waals surface area contributed by atoms with E-state index in [1.54, 1.807) is 6.07 Å². The molecule has 1 heterocycles. The number of hydrogen-bond donors (Lipinski definition) is 2. The van der Waals surface area contributed by atoms with Crippen molar-refractivity contribution in [2.24, 2.45) is 0 Å². The highest BCUT2D eigenvalue weighted by Gasteiger charge is 2.09. The molecule has 1 aromatic heterocycles. The first kappa shape index (κ1) is 17.4. The Hall–Kier alpha value is -2.40. The van der Waals surface area contributed by atoms with E-state index in [0.29, 0.717) is 11.4 Å². The third-order valence-electron chi connectivity index (χ3n) is 3.93. The second kappa shape index (κ2) is 7.66. The first-order valence-electron chi connectivity index (χ1n) is 8.27. The largest absolute Gasteiger partial charge is 0.342 e. The summed E-state index contributed by atoms with van der Waals surface area (Å²) >= 11 is 5.70. The molecule has 0 fully saturated rings. The summed E-state index contributed by atoms with van der Waals surface area (Å²) in [6.45, 7) is 2.11. The van der Waals surface area contributed by atoms with Crippen LogP contribution < -0.4 is 5.32 Å². The number of carbonyl (C=O) groups is 1. The van der Waals surface area contributed by atoms with Crippen LogP contribution in [0.2, 0.25) is 5.02 Å². The fourth-order valence-corrected chi connectivity index (χ4v) is 2.84. The van der Waals surface area contributed by atoms with Crippen LogP contribution in [-0.4, -0.2) is 15.9 Å². The van der Waals surface area contributed by atoms with E-state index in [9.17, 15) is 9.18 Å². The fourth-order valence-electron chi connectivity index (χ4n) is 2.68. The van der Waals surface area contributed by atoms with Crippen LogP contribution in [0.15, 0.2) is 36.4 Å². The lowest BCUT2D eigenvalue weighted by molar-refractivity contribution is -0.116. The molecule has 0 saturated heterocycles. The van der Waals surface area contributed by atoms with Crippen molar-refractivity contribution in [2.45, 2.75) is 32.6 Å². The van der Waals surface area contributed by atoms with Gasteiger partial charge >= 0.3 is 0 Å². The van der Waals surface area contributed by atoms with Gasteiger partial charge in [0.1, 0.15) is 11.6 Å². The van der Waals surface area contributed by atoms with E-state index in [0.717, 1.165) is 35.3 Å². The minimum Gasteiger partial charge on any atom is -0.342 e. The van der Waals surface area contributed by atoms with Crippen molar-refractivity contribution in [2.75, 3.05) is 5.32 Å². The molecule has 0 radical (unpaired) electrons. The van der Waals surface area contributed by atoms with E-state index < -0.39 is 5.82 Å². The maximum Gasteiger partial charge on any atom is 0.224 e. The first-order chi connectivity index (χ1) is 12.0. The Labute approximate surface area is 150 Å². The molecule has 6 heteroatoms. The number of nitrogens with zero attached hydrogens (tertiary/aromatic N) is 1. The normalized spacial score (nSPS) is 11.0. The number of aromatic nitrogens is 2. The van der Waals surface area contributed by atoms with Gasteiger partial charge in [-0.1, -0.05) is 24.6 Å². The highest BCUT2D eigenvalue weighted by atomic mass is 35.5. The molecule has 3 aromatic rings. The van der Waals surface area contributed by atoms with Crippen LogP contribution in [0.4, 0.5) is 10.1 Å². The number of imidazole rings is 1.